The zero-order chi connectivity index (χ0) is 15.2. The van der Waals surface area contributed by atoms with Crippen molar-refractivity contribution < 1.29 is 19.1 Å². The summed E-state index contributed by atoms with van der Waals surface area (Å²) >= 11 is 0. The van der Waals surface area contributed by atoms with Crippen LogP contribution in [0.15, 0.2) is 34.7 Å². The fourth-order valence-corrected chi connectivity index (χ4v) is 1.70. The third-order valence-electron chi connectivity index (χ3n) is 2.57. The summed E-state index contributed by atoms with van der Waals surface area (Å²) in [5, 5.41) is 14.7. The summed E-state index contributed by atoms with van der Waals surface area (Å²) in [6, 6.07) is 8.81. The summed E-state index contributed by atoms with van der Waals surface area (Å²) in [5.74, 6) is -0.243. The molecule has 8 nitrogen and oxygen atoms in total. The first kappa shape index (κ1) is 14.4. The molecular weight excluding hydrogens is 276 g/mol. The van der Waals surface area contributed by atoms with E-state index in [0.717, 1.165) is 0 Å². The molecule has 0 saturated heterocycles. The molecule has 1 heterocycles. The number of carbonyl (C=O) groups is 2. The topological polar surface area (TPSA) is 133 Å². The fourth-order valence-electron chi connectivity index (χ4n) is 1.70. The van der Waals surface area contributed by atoms with E-state index in [1.165, 1.54) is 0 Å². The standard InChI is InChI=1S/C13H14N4O4/c14-12-17-9(11(18)15-6-7-16-13(19)20)10(21-12)8-4-2-1-3-5-8/h1-5,16H,6-7H2,(H2,14,17)(H,15,18)(H,19,20)/p-1. The van der Waals surface area contributed by atoms with Crippen LogP contribution >= 0.6 is 0 Å². The molecule has 0 aliphatic rings. The Hall–Kier alpha value is -3.03. The third-order valence-corrected chi connectivity index (χ3v) is 2.57. The Kier molecular flexibility index (Phi) is 4.39. The molecular formula is C13H13N4O4-. The molecule has 0 aliphatic heterocycles. The lowest BCUT2D eigenvalue weighted by atomic mass is 10.1. The van der Waals surface area contributed by atoms with Crippen LogP contribution in [0.3, 0.4) is 0 Å². The van der Waals surface area contributed by atoms with E-state index in [0.29, 0.717) is 5.56 Å². The van der Waals surface area contributed by atoms with Gasteiger partial charge in [0.15, 0.2) is 11.5 Å². The summed E-state index contributed by atoms with van der Waals surface area (Å²) < 4.78 is 5.25. The third kappa shape index (κ3) is 3.72. The number of benzene rings is 1. The van der Waals surface area contributed by atoms with Crippen LogP contribution in [0.5, 0.6) is 0 Å². The quantitative estimate of drug-likeness (QED) is 0.640. The van der Waals surface area contributed by atoms with Gasteiger partial charge in [0.05, 0.1) is 0 Å². The van der Waals surface area contributed by atoms with Gasteiger partial charge < -0.3 is 30.7 Å². The van der Waals surface area contributed by atoms with E-state index in [4.69, 9.17) is 10.2 Å². The van der Waals surface area contributed by atoms with Gasteiger partial charge in [-0.1, -0.05) is 30.3 Å². The highest BCUT2D eigenvalue weighted by Gasteiger charge is 2.19. The monoisotopic (exact) mass is 289 g/mol. The first-order valence-corrected chi connectivity index (χ1v) is 6.12. The molecule has 0 fully saturated rings. The number of rotatable bonds is 5. The van der Waals surface area contributed by atoms with Gasteiger partial charge in [0.25, 0.3) is 11.9 Å². The van der Waals surface area contributed by atoms with Crippen molar-refractivity contribution in [3.8, 4) is 11.3 Å². The first-order valence-electron chi connectivity index (χ1n) is 6.12. The molecule has 21 heavy (non-hydrogen) atoms. The molecule has 0 unspecified atom stereocenters. The predicted octanol–water partition coefficient (Wildman–Crippen LogP) is -0.413. The van der Waals surface area contributed by atoms with Gasteiger partial charge in [-0.2, -0.15) is 4.98 Å². The number of carboxylic acid groups (broad SMARTS) is 1. The number of anilines is 1. The number of nitrogen functional groups attached to an aromatic ring is 1. The van der Waals surface area contributed by atoms with Gasteiger partial charge in [-0.3, -0.25) is 4.79 Å². The van der Waals surface area contributed by atoms with Crippen molar-refractivity contribution in [3.05, 3.63) is 36.0 Å². The zero-order valence-electron chi connectivity index (χ0n) is 11.0. The average Bonchev–Trinajstić information content (AvgIpc) is 2.86. The summed E-state index contributed by atoms with van der Waals surface area (Å²) in [6.07, 6.45) is -1.40. The van der Waals surface area contributed by atoms with Crippen molar-refractivity contribution >= 4 is 18.0 Å². The second-order valence-corrected chi connectivity index (χ2v) is 4.07. The number of hydrogen-bond donors (Lipinski definition) is 3. The Bertz CT molecular complexity index is 639. The minimum absolute atomic E-state index is 0.0298. The van der Waals surface area contributed by atoms with Crippen molar-refractivity contribution in [1.29, 1.82) is 0 Å². The highest BCUT2D eigenvalue weighted by Crippen LogP contribution is 2.25. The highest BCUT2D eigenvalue weighted by atomic mass is 16.4. The van der Waals surface area contributed by atoms with Crippen LogP contribution in [-0.2, 0) is 0 Å². The largest absolute Gasteiger partial charge is 0.530 e. The number of nitrogens with two attached hydrogens (primary N) is 1. The van der Waals surface area contributed by atoms with E-state index in [1.54, 1.807) is 24.3 Å². The molecule has 0 spiro atoms. The lowest BCUT2D eigenvalue weighted by Gasteiger charge is -2.07. The van der Waals surface area contributed by atoms with Crippen LogP contribution in [0.1, 0.15) is 10.5 Å². The van der Waals surface area contributed by atoms with Crippen LogP contribution in [0.4, 0.5) is 10.8 Å². The number of amides is 2. The van der Waals surface area contributed by atoms with Gasteiger partial charge in [0.2, 0.25) is 0 Å². The molecule has 0 bridgehead atoms. The van der Waals surface area contributed by atoms with Gasteiger partial charge in [-0.15, -0.1) is 0 Å². The van der Waals surface area contributed by atoms with Gasteiger partial charge in [0, 0.05) is 18.7 Å². The number of hydrogen-bond acceptors (Lipinski definition) is 6. The van der Waals surface area contributed by atoms with E-state index < -0.39 is 12.0 Å². The van der Waals surface area contributed by atoms with Crippen LogP contribution in [0, 0.1) is 0 Å². The van der Waals surface area contributed by atoms with Gasteiger partial charge in [0.1, 0.15) is 6.09 Å². The number of nitrogens with one attached hydrogen (secondary N) is 2. The number of nitrogens with zero attached hydrogens (tertiary/aromatic N) is 1. The molecule has 2 rings (SSSR count). The Morgan fingerprint density at radius 3 is 2.52 bits per heavy atom. The number of carbonyl (C=O) groups excluding carboxylic acids is 2. The van der Waals surface area contributed by atoms with Crippen LogP contribution in [0.25, 0.3) is 11.3 Å². The smallest absolute Gasteiger partial charge is 0.293 e. The van der Waals surface area contributed by atoms with E-state index >= 15 is 0 Å². The normalized spacial score (nSPS) is 10.1. The van der Waals surface area contributed by atoms with E-state index in [9.17, 15) is 14.7 Å². The second kappa shape index (κ2) is 6.42. The fraction of sp³-hybridized carbons (Fsp3) is 0.154. The molecule has 0 saturated carbocycles. The molecule has 1 aromatic carbocycles. The van der Waals surface area contributed by atoms with Gasteiger partial charge >= 0.3 is 0 Å². The van der Waals surface area contributed by atoms with Crippen molar-refractivity contribution in [1.82, 2.24) is 15.6 Å². The molecule has 1 aromatic heterocycles. The SMILES string of the molecule is Nc1nc(C(=O)NCCNC(=O)[O-])c(-c2ccccc2)o1. The Morgan fingerprint density at radius 1 is 1.19 bits per heavy atom. The minimum atomic E-state index is -1.40. The molecule has 8 heteroatoms. The number of oxazole rings is 1. The van der Waals surface area contributed by atoms with E-state index in [-0.39, 0.29) is 30.6 Å². The molecule has 2 aromatic rings. The van der Waals surface area contributed by atoms with Gasteiger partial charge in [-0.25, -0.2) is 0 Å². The van der Waals surface area contributed by atoms with E-state index in [1.807, 2.05) is 11.4 Å². The van der Waals surface area contributed by atoms with Gasteiger partial charge in [-0.05, 0) is 0 Å². The molecule has 0 radical (unpaired) electrons. The van der Waals surface area contributed by atoms with Crippen LogP contribution in [0.2, 0.25) is 0 Å². The van der Waals surface area contributed by atoms with Crippen LogP contribution in [-0.4, -0.2) is 30.1 Å². The maximum atomic E-state index is 12.0. The second-order valence-electron chi connectivity index (χ2n) is 4.07. The Balaban J connectivity index is 2.09. The lowest BCUT2D eigenvalue weighted by molar-refractivity contribution is -0.250. The van der Waals surface area contributed by atoms with E-state index in [2.05, 4.69) is 10.3 Å². The maximum absolute atomic E-state index is 12.0. The minimum Gasteiger partial charge on any atom is -0.530 e. The summed E-state index contributed by atoms with van der Waals surface area (Å²) in [6.45, 7) is 0.121. The van der Waals surface area contributed by atoms with Crippen LogP contribution < -0.4 is 21.5 Å². The Morgan fingerprint density at radius 2 is 1.86 bits per heavy atom. The van der Waals surface area contributed by atoms with Crippen molar-refractivity contribution in [2.24, 2.45) is 0 Å². The highest BCUT2D eigenvalue weighted by molar-refractivity contribution is 5.98. The summed E-state index contributed by atoms with van der Waals surface area (Å²) in [7, 11) is 0. The molecule has 4 N–H and O–H groups in total. The average molecular weight is 289 g/mol. The summed E-state index contributed by atoms with van der Waals surface area (Å²) in [5.41, 5.74) is 6.21. The lowest BCUT2D eigenvalue weighted by Crippen LogP contribution is -2.41. The molecule has 0 atom stereocenters. The first-order chi connectivity index (χ1) is 10.1. The molecule has 2 amide bonds. The number of aromatic nitrogens is 1. The molecule has 110 valence electrons. The molecule has 0 aliphatic carbocycles. The zero-order valence-corrected chi connectivity index (χ0v) is 11.0. The predicted molar refractivity (Wildman–Crippen MR) is 72.1 cm³/mol. The van der Waals surface area contributed by atoms with Crippen molar-refractivity contribution in [2.75, 3.05) is 18.8 Å². The Labute approximate surface area is 120 Å². The van der Waals surface area contributed by atoms with Crippen molar-refractivity contribution in [2.45, 2.75) is 0 Å². The summed E-state index contributed by atoms with van der Waals surface area (Å²) in [4.78, 5) is 26.0. The maximum Gasteiger partial charge on any atom is 0.293 e. The van der Waals surface area contributed by atoms with Crippen molar-refractivity contribution in [3.63, 3.8) is 0 Å².